The molecular formula is C22H22FN3O. The third kappa shape index (κ3) is 2.65. The Bertz CT molecular complexity index is 1020. The van der Waals surface area contributed by atoms with Crippen LogP contribution in [-0.4, -0.2) is 35.4 Å². The highest BCUT2D eigenvalue weighted by Crippen LogP contribution is 2.34. The minimum absolute atomic E-state index is 0.139. The number of rotatable bonds is 3. The molecule has 1 aromatic heterocycles. The van der Waals surface area contributed by atoms with Crippen LogP contribution in [0.4, 0.5) is 4.39 Å². The Morgan fingerprint density at radius 3 is 2.67 bits per heavy atom. The van der Waals surface area contributed by atoms with Crippen molar-refractivity contribution in [2.24, 2.45) is 5.41 Å². The second kappa shape index (κ2) is 6.20. The molecule has 27 heavy (non-hydrogen) atoms. The van der Waals surface area contributed by atoms with E-state index in [0.717, 1.165) is 11.9 Å². The second-order valence-corrected chi connectivity index (χ2v) is 7.76. The van der Waals surface area contributed by atoms with Crippen LogP contribution in [0.2, 0.25) is 0 Å². The minimum Gasteiger partial charge on any atom is -0.358 e. The fourth-order valence-electron chi connectivity index (χ4n) is 4.46. The number of carbonyl (C=O) groups is 1. The Kier molecular flexibility index (Phi) is 3.79. The van der Waals surface area contributed by atoms with Crippen LogP contribution in [0.5, 0.6) is 0 Å². The van der Waals surface area contributed by atoms with E-state index in [1.807, 2.05) is 23.1 Å². The Balaban J connectivity index is 1.42. The summed E-state index contributed by atoms with van der Waals surface area (Å²) < 4.78 is 14.2. The second-order valence-electron chi connectivity index (χ2n) is 7.76. The number of halogens is 1. The predicted octanol–water partition coefficient (Wildman–Crippen LogP) is 3.02. The van der Waals surface area contributed by atoms with Gasteiger partial charge in [0, 0.05) is 54.8 Å². The maximum atomic E-state index is 14.2. The van der Waals surface area contributed by atoms with Crippen molar-refractivity contribution in [1.82, 2.24) is 15.2 Å². The summed E-state index contributed by atoms with van der Waals surface area (Å²) in [5.74, 6) is -0.0884. The number of aromatic amines is 1. The maximum Gasteiger partial charge on any atom is 0.232 e. The highest BCUT2D eigenvalue weighted by Gasteiger charge is 2.47. The van der Waals surface area contributed by atoms with Gasteiger partial charge in [-0.05, 0) is 24.1 Å². The number of nitrogens with zero attached hydrogens (tertiary/aromatic N) is 1. The fraction of sp³-hybridized carbons (Fsp3) is 0.318. The summed E-state index contributed by atoms with van der Waals surface area (Å²) in [7, 11) is 0. The lowest BCUT2D eigenvalue weighted by Gasteiger charge is -2.45. The van der Waals surface area contributed by atoms with E-state index >= 15 is 0 Å². The van der Waals surface area contributed by atoms with Gasteiger partial charge in [0.15, 0.2) is 0 Å². The smallest absolute Gasteiger partial charge is 0.232 e. The van der Waals surface area contributed by atoms with Gasteiger partial charge in [-0.1, -0.05) is 36.4 Å². The number of carbonyl (C=O) groups excluding carboxylic acids is 1. The van der Waals surface area contributed by atoms with Gasteiger partial charge in [-0.15, -0.1) is 0 Å². The summed E-state index contributed by atoms with van der Waals surface area (Å²) in [6.07, 6.45) is 1.28. The highest BCUT2D eigenvalue weighted by molar-refractivity contribution is 5.88. The number of H-pyrrole nitrogens is 1. The molecule has 2 aliphatic rings. The molecule has 4 nitrogen and oxygen atoms in total. The van der Waals surface area contributed by atoms with Gasteiger partial charge >= 0.3 is 0 Å². The van der Waals surface area contributed by atoms with Crippen LogP contribution < -0.4 is 5.32 Å². The Hall–Kier alpha value is -2.66. The Labute approximate surface area is 157 Å². The zero-order valence-corrected chi connectivity index (χ0v) is 15.1. The molecule has 2 aliphatic heterocycles. The third-order valence-electron chi connectivity index (χ3n) is 6.04. The average Bonchev–Trinajstić information content (AvgIpc) is 3.03. The predicted molar refractivity (Wildman–Crippen MR) is 103 cm³/mol. The van der Waals surface area contributed by atoms with E-state index in [9.17, 15) is 9.18 Å². The quantitative estimate of drug-likeness (QED) is 0.752. The third-order valence-corrected chi connectivity index (χ3v) is 6.04. The van der Waals surface area contributed by atoms with Crippen molar-refractivity contribution >= 4 is 16.8 Å². The van der Waals surface area contributed by atoms with Crippen LogP contribution in [0.3, 0.4) is 0 Å². The molecule has 1 fully saturated rings. The van der Waals surface area contributed by atoms with E-state index in [4.69, 9.17) is 0 Å². The van der Waals surface area contributed by atoms with Gasteiger partial charge in [-0.25, -0.2) is 4.39 Å². The van der Waals surface area contributed by atoms with E-state index in [0.29, 0.717) is 38.2 Å². The van der Waals surface area contributed by atoms with Gasteiger partial charge < -0.3 is 15.2 Å². The van der Waals surface area contributed by atoms with E-state index in [-0.39, 0.29) is 11.7 Å². The summed E-state index contributed by atoms with van der Waals surface area (Å²) in [4.78, 5) is 18.9. The maximum absolute atomic E-state index is 14.2. The summed E-state index contributed by atoms with van der Waals surface area (Å²) >= 11 is 0. The van der Waals surface area contributed by atoms with Crippen LogP contribution in [0.15, 0.2) is 48.5 Å². The van der Waals surface area contributed by atoms with Crippen molar-refractivity contribution in [3.63, 3.8) is 0 Å². The van der Waals surface area contributed by atoms with Gasteiger partial charge in [0.25, 0.3) is 0 Å². The topological polar surface area (TPSA) is 48.1 Å². The number of amides is 1. The lowest BCUT2D eigenvalue weighted by molar-refractivity contribution is -0.146. The molecule has 138 valence electrons. The van der Waals surface area contributed by atoms with Crippen molar-refractivity contribution in [3.8, 4) is 0 Å². The zero-order valence-electron chi connectivity index (χ0n) is 15.1. The molecule has 0 radical (unpaired) electrons. The molecular weight excluding hydrogens is 341 g/mol. The van der Waals surface area contributed by atoms with Gasteiger partial charge in [-0.2, -0.15) is 0 Å². The van der Waals surface area contributed by atoms with Crippen LogP contribution in [-0.2, 0) is 24.2 Å². The summed E-state index contributed by atoms with van der Waals surface area (Å²) in [6.45, 7) is 2.55. The van der Waals surface area contributed by atoms with Gasteiger partial charge in [-0.3, -0.25) is 4.79 Å². The van der Waals surface area contributed by atoms with Gasteiger partial charge in [0.1, 0.15) is 5.82 Å². The first-order valence-corrected chi connectivity index (χ1v) is 9.48. The lowest BCUT2D eigenvalue weighted by atomic mass is 9.74. The lowest BCUT2D eigenvalue weighted by Crippen LogP contribution is -2.63. The zero-order chi connectivity index (χ0) is 18.4. The monoisotopic (exact) mass is 363 g/mol. The fourth-order valence-corrected chi connectivity index (χ4v) is 4.46. The number of hydrogen-bond donors (Lipinski definition) is 2. The molecule has 1 amide bonds. The largest absolute Gasteiger partial charge is 0.358 e. The van der Waals surface area contributed by atoms with Crippen LogP contribution in [0.25, 0.3) is 10.9 Å². The number of para-hydroxylation sites is 1. The first kappa shape index (κ1) is 16.5. The number of nitrogens with one attached hydrogen (secondary N) is 2. The number of aromatic nitrogens is 1. The molecule has 1 saturated heterocycles. The number of hydrogen-bond acceptors (Lipinski definition) is 2. The molecule has 3 aromatic rings. The number of fused-ring (bicyclic) bond motifs is 3. The number of benzene rings is 2. The molecule has 3 heterocycles. The van der Waals surface area contributed by atoms with Crippen molar-refractivity contribution < 1.29 is 9.18 Å². The average molecular weight is 363 g/mol. The molecule has 2 N–H and O–H groups in total. The van der Waals surface area contributed by atoms with E-state index < -0.39 is 5.41 Å². The van der Waals surface area contributed by atoms with Crippen LogP contribution >= 0.6 is 0 Å². The summed E-state index contributed by atoms with van der Waals surface area (Å²) in [6, 6.07) is 15.0. The van der Waals surface area contributed by atoms with E-state index in [2.05, 4.69) is 22.4 Å². The molecule has 0 spiro atoms. The standard InChI is InChI=1S/C22H22FN3O/c23-18-7-3-1-5-15(18)11-22(13-24-14-22)21(27)26-10-9-20-17(12-26)16-6-2-4-8-19(16)25-20/h1-8,24-25H,9-14H2. The SMILES string of the molecule is O=C(N1CCc2[nH]c3ccccc3c2C1)C1(Cc2ccccc2F)CNC1. The molecule has 0 aliphatic carbocycles. The summed E-state index contributed by atoms with van der Waals surface area (Å²) in [5.41, 5.74) is 3.67. The van der Waals surface area contributed by atoms with Gasteiger partial charge in [0.05, 0.1) is 5.41 Å². The van der Waals surface area contributed by atoms with Gasteiger partial charge in [0.2, 0.25) is 5.91 Å². The molecule has 5 heteroatoms. The molecule has 2 aromatic carbocycles. The summed E-state index contributed by atoms with van der Waals surface area (Å²) in [5, 5.41) is 4.42. The van der Waals surface area contributed by atoms with Crippen molar-refractivity contribution in [1.29, 1.82) is 0 Å². The minimum atomic E-state index is -0.536. The molecule has 0 unspecified atom stereocenters. The Morgan fingerprint density at radius 1 is 1.11 bits per heavy atom. The van der Waals surface area contributed by atoms with Crippen LogP contribution in [0, 0.1) is 11.2 Å². The molecule has 0 bridgehead atoms. The van der Waals surface area contributed by atoms with E-state index in [1.54, 1.807) is 12.1 Å². The van der Waals surface area contributed by atoms with E-state index in [1.165, 1.54) is 22.7 Å². The molecule has 0 atom stereocenters. The van der Waals surface area contributed by atoms with Crippen LogP contribution in [0.1, 0.15) is 16.8 Å². The molecule has 5 rings (SSSR count). The first-order chi connectivity index (χ1) is 13.2. The highest BCUT2D eigenvalue weighted by atomic mass is 19.1. The molecule has 0 saturated carbocycles. The first-order valence-electron chi connectivity index (χ1n) is 9.48. The normalized spacial score (nSPS) is 18.2. The van der Waals surface area contributed by atoms with Crippen molar-refractivity contribution in [3.05, 3.63) is 71.2 Å². The Morgan fingerprint density at radius 2 is 1.89 bits per heavy atom. The van der Waals surface area contributed by atoms with Crippen molar-refractivity contribution in [2.75, 3.05) is 19.6 Å². The van der Waals surface area contributed by atoms with Crippen molar-refractivity contribution in [2.45, 2.75) is 19.4 Å².